The van der Waals surface area contributed by atoms with Gasteiger partial charge in [-0.15, -0.1) is 0 Å². The number of benzene rings is 1. The molecule has 5 heterocycles. The Labute approximate surface area is 572 Å². The highest BCUT2D eigenvalue weighted by molar-refractivity contribution is 6.12. The number of nitrogens with one attached hydrogen (secondary N) is 6. The number of nitrogens with zero attached hydrogens (tertiary/aromatic N) is 3. The molecular weight excluding hydrogens is 1310 g/mol. The van der Waals surface area contributed by atoms with E-state index in [9.17, 15) is 53.1 Å². The van der Waals surface area contributed by atoms with Crippen LogP contribution in [0, 0.1) is 5.82 Å². The molecule has 7 N–H and O–H groups in total. The molecule has 0 saturated carbocycles. The molecule has 0 fully saturated rings. The van der Waals surface area contributed by atoms with Gasteiger partial charge in [-0.1, -0.05) is 6.92 Å². The van der Waals surface area contributed by atoms with Crippen LogP contribution in [0.1, 0.15) is 82.9 Å². The molecule has 3 aliphatic heterocycles. The summed E-state index contributed by atoms with van der Waals surface area (Å²) >= 11 is 0. The zero-order valence-corrected chi connectivity index (χ0v) is 56.8. The van der Waals surface area contributed by atoms with Crippen LogP contribution < -0.4 is 42.2 Å². The number of fused-ring (bicyclic) bond motifs is 5. The van der Waals surface area contributed by atoms with Crippen molar-refractivity contribution in [2.45, 2.75) is 109 Å². The SMILES string of the molecule is CC[C@@]1(O)C(=O)OCc2c1cc1n(c2=O)Cc2cc3cc(OCCNC(=O)[C@H](C)NC(=O)[C@H](C)NC(=O)[C@H](C)NC(=O)[C@H](CCCCNC(=O)COCCOCCOCCOCCOCCOCCOCCOCCOCCOC)NC(=O)CCCN4C(=O)C=CC4=O)c(F)cc3nc2-1. The number of carbonyl (C=O) groups is 9. The van der Waals surface area contributed by atoms with Crippen molar-refractivity contribution in [2.24, 2.45) is 0 Å². The molecule has 5 atom stereocenters. The molecule has 0 bridgehead atoms. The zero-order chi connectivity index (χ0) is 71.5. The summed E-state index contributed by atoms with van der Waals surface area (Å²) in [5, 5.41) is 27.2. The second kappa shape index (κ2) is 42.9. The van der Waals surface area contributed by atoms with Crippen LogP contribution in [0.2, 0.25) is 0 Å². The van der Waals surface area contributed by atoms with Crippen molar-refractivity contribution < 1.29 is 109 Å². The smallest absolute Gasteiger partial charge is 0.343 e. The van der Waals surface area contributed by atoms with Gasteiger partial charge in [-0.05, 0) is 71.1 Å². The Morgan fingerprint density at radius 3 is 1.69 bits per heavy atom. The first-order valence-corrected chi connectivity index (χ1v) is 33.2. The number of aromatic nitrogens is 2. The van der Waals surface area contributed by atoms with E-state index in [1.54, 1.807) is 26.2 Å². The van der Waals surface area contributed by atoms with Gasteiger partial charge in [-0.2, -0.15) is 0 Å². The van der Waals surface area contributed by atoms with E-state index in [0.29, 0.717) is 141 Å². The number of hydrogen-bond acceptors (Lipinski definition) is 24. The van der Waals surface area contributed by atoms with Crippen molar-refractivity contribution in [3.05, 3.63) is 69.3 Å². The van der Waals surface area contributed by atoms with Crippen LogP contribution in [0.15, 0.2) is 41.2 Å². The first kappa shape index (κ1) is 80.0. The first-order valence-electron chi connectivity index (χ1n) is 33.2. The highest BCUT2D eigenvalue weighted by atomic mass is 19.1. The molecule has 32 nitrogen and oxygen atoms in total. The van der Waals surface area contributed by atoms with Crippen molar-refractivity contribution in [1.82, 2.24) is 46.4 Å². The minimum Gasteiger partial charge on any atom is -0.489 e. The van der Waals surface area contributed by atoms with Gasteiger partial charge in [0.05, 0.1) is 154 Å². The van der Waals surface area contributed by atoms with Crippen molar-refractivity contribution in [3.8, 4) is 17.1 Å². The number of cyclic esters (lactones) is 1. The summed E-state index contributed by atoms with van der Waals surface area (Å²) < 4.78 is 81.6. The molecule has 0 aliphatic carbocycles. The fraction of sp³-hybridized carbons (Fsp3) is 0.621. The van der Waals surface area contributed by atoms with Crippen LogP contribution in [0.3, 0.4) is 0 Å². The fourth-order valence-corrected chi connectivity index (χ4v) is 10.2. The molecule has 2 aromatic heterocycles. The normalized spacial score (nSPS) is 15.7. The number of unbranched alkanes of at least 4 members (excludes halogenated alkanes) is 1. The second-order valence-corrected chi connectivity index (χ2v) is 23.1. The third-order valence-corrected chi connectivity index (χ3v) is 15.7. The number of ether oxygens (including phenoxy) is 12. The van der Waals surface area contributed by atoms with E-state index in [-0.39, 0.29) is 113 Å². The minimum atomic E-state index is -2.01. The Morgan fingerprint density at radius 1 is 0.616 bits per heavy atom. The van der Waals surface area contributed by atoms with Crippen molar-refractivity contribution >= 4 is 64.1 Å². The van der Waals surface area contributed by atoms with Crippen LogP contribution in [0.5, 0.6) is 5.75 Å². The van der Waals surface area contributed by atoms with Crippen molar-refractivity contribution in [1.29, 1.82) is 0 Å². The number of amides is 8. The molecule has 1 aromatic carbocycles. The molecule has 99 heavy (non-hydrogen) atoms. The molecule has 3 aliphatic rings. The lowest BCUT2D eigenvalue weighted by Crippen LogP contribution is -2.56. The summed E-state index contributed by atoms with van der Waals surface area (Å²) in [7, 11) is 1.62. The molecule has 0 unspecified atom stereocenters. The number of aliphatic hydroxyl groups is 1. The lowest BCUT2D eigenvalue weighted by molar-refractivity contribution is -0.172. The highest BCUT2D eigenvalue weighted by Crippen LogP contribution is 2.39. The highest BCUT2D eigenvalue weighted by Gasteiger charge is 2.45. The number of imide groups is 1. The van der Waals surface area contributed by atoms with Gasteiger partial charge in [-0.25, -0.2) is 14.2 Å². The minimum absolute atomic E-state index is 0.0250. The van der Waals surface area contributed by atoms with Crippen LogP contribution >= 0.6 is 0 Å². The molecule has 0 radical (unpaired) electrons. The monoisotopic (exact) mass is 1400 g/mol. The topological polar surface area (TPSA) is 395 Å². The zero-order valence-electron chi connectivity index (χ0n) is 56.8. The number of methoxy groups -OCH3 is 1. The third kappa shape index (κ3) is 25.9. The molecule has 6 rings (SSSR count). The summed E-state index contributed by atoms with van der Waals surface area (Å²) in [6.07, 6.45) is 2.99. The third-order valence-electron chi connectivity index (χ3n) is 15.7. The fourth-order valence-electron chi connectivity index (χ4n) is 10.2. The summed E-state index contributed by atoms with van der Waals surface area (Å²) in [6, 6.07) is 1.20. The van der Waals surface area contributed by atoms with Gasteiger partial charge in [0.2, 0.25) is 35.4 Å². The van der Waals surface area contributed by atoms with Gasteiger partial charge >= 0.3 is 5.97 Å². The van der Waals surface area contributed by atoms with Gasteiger partial charge in [0.25, 0.3) is 17.4 Å². The summed E-state index contributed by atoms with van der Waals surface area (Å²) in [5.41, 5.74) is -0.492. The number of hydrogen-bond donors (Lipinski definition) is 7. The number of rotatable bonds is 51. The quantitative estimate of drug-likeness (QED) is 0.0166. The predicted molar refractivity (Wildman–Crippen MR) is 349 cm³/mol. The average molecular weight is 1400 g/mol. The van der Waals surface area contributed by atoms with Crippen LogP contribution in [0.4, 0.5) is 4.39 Å². The van der Waals surface area contributed by atoms with E-state index in [0.717, 1.165) is 23.1 Å². The lowest BCUT2D eigenvalue weighted by Gasteiger charge is -2.31. The van der Waals surface area contributed by atoms with Gasteiger partial charge < -0.3 is 98.4 Å². The molecular formula is C66H94FN9O23. The number of pyridine rings is 2. The maximum atomic E-state index is 15.4. The largest absolute Gasteiger partial charge is 0.489 e. The molecule has 0 saturated heterocycles. The number of halogens is 1. The van der Waals surface area contributed by atoms with E-state index in [1.807, 2.05) is 0 Å². The second-order valence-electron chi connectivity index (χ2n) is 23.1. The van der Waals surface area contributed by atoms with Gasteiger partial charge in [-0.3, -0.25) is 48.1 Å². The number of carbonyl (C=O) groups excluding carboxylic acids is 9. The summed E-state index contributed by atoms with van der Waals surface area (Å²) in [4.78, 5) is 134. The molecule has 8 amide bonds. The maximum Gasteiger partial charge on any atom is 0.343 e. The Hall–Kier alpha value is -7.96. The van der Waals surface area contributed by atoms with Crippen LogP contribution in [-0.4, -0.2) is 256 Å². The van der Waals surface area contributed by atoms with Gasteiger partial charge in [0, 0.05) is 61.4 Å². The molecule has 0 spiro atoms. The molecule has 33 heteroatoms. The van der Waals surface area contributed by atoms with E-state index in [2.05, 4.69) is 36.9 Å². The predicted octanol–water partition coefficient (Wildman–Crippen LogP) is -0.500. The molecule has 548 valence electrons. The lowest BCUT2D eigenvalue weighted by atomic mass is 9.86. The maximum absolute atomic E-state index is 15.4. The Morgan fingerprint density at radius 2 is 1.14 bits per heavy atom. The van der Waals surface area contributed by atoms with Gasteiger partial charge in [0.1, 0.15) is 44.0 Å². The first-order chi connectivity index (χ1) is 47.8. The van der Waals surface area contributed by atoms with Crippen LogP contribution in [0.25, 0.3) is 22.3 Å². The average Bonchev–Trinajstić information content (AvgIpc) is 1.65. The standard InChI is InChI=1S/C66H94FN9O23/c1-6-66(87)49-38-53-59-47(40-76(53)64(85)48(49)41-99-65(66)86)36-46-37-54(50(67)39-52(46)74-59)98-17-15-69-60(81)43(2)70-61(82)44(3)71-62(83)45(4)72-63(84)51(73-55(77)11-9-16-75-57(79)12-13-58(75)80)10-7-8-14-68-56(78)42-97-35-34-96-33-32-95-31-30-94-29-28-93-27-26-92-25-24-91-23-22-90-21-20-89-19-18-88-5/h12-13,36-39,43-45,51,87H,6-11,14-35,40-42H2,1-5H3,(H,68,78)(H,69,81)(H,70,82)(H,71,83)(H,72,84)(H,73,77)/t43-,44-,45-,51-,66-/m0/s1. The molecule has 3 aromatic rings. The van der Waals surface area contributed by atoms with E-state index >= 15 is 4.39 Å². The van der Waals surface area contributed by atoms with E-state index in [1.165, 1.54) is 31.4 Å². The Bertz CT molecular complexity index is 3260. The Kier molecular flexibility index (Phi) is 34.7. The van der Waals surface area contributed by atoms with Crippen LogP contribution in [-0.2, 0) is 114 Å². The van der Waals surface area contributed by atoms with Crippen molar-refractivity contribution in [2.75, 3.05) is 159 Å². The number of esters is 1. The van der Waals surface area contributed by atoms with E-state index in [4.69, 9.17) is 56.8 Å². The van der Waals surface area contributed by atoms with E-state index < -0.39 is 88.5 Å². The van der Waals surface area contributed by atoms with Gasteiger partial charge in [0.15, 0.2) is 17.2 Å². The summed E-state index contributed by atoms with van der Waals surface area (Å²) in [6.45, 7) is 12.7. The van der Waals surface area contributed by atoms with Crippen molar-refractivity contribution in [3.63, 3.8) is 0 Å². The Balaban J connectivity index is 0.812. The summed E-state index contributed by atoms with van der Waals surface area (Å²) in [5.74, 6) is -6.59.